The maximum absolute atomic E-state index is 6.09. The van der Waals surface area contributed by atoms with Crippen LogP contribution in [0.2, 0.25) is 5.02 Å². The number of anilines is 3. The molecule has 0 aliphatic carbocycles. The summed E-state index contributed by atoms with van der Waals surface area (Å²) in [5, 5.41) is 8.24. The van der Waals surface area contributed by atoms with Gasteiger partial charge in [0.1, 0.15) is 5.75 Å². The summed E-state index contributed by atoms with van der Waals surface area (Å²) in [5.41, 5.74) is 6.33. The molecular weight excluding hydrogens is 516 g/mol. The molecule has 216 valence electrons. The summed E-state index contributed by atoms with van der Waals surface area (Å²) in [6.45, 7) is 12.9. The number of nitrogens with zero attached hydrogens (tertiary/aromatic N) is 2. The minimum absolute atomic E-state index is 0.313. The van der Waals surface area contributed by atoms with E-state index in [1.54, 1.807) is 0 Å². The van der Waals surface area contributed by atoms with Crippen molar-refractivity contribution in [1.29, 1.82) is 0 Å². The minimum Gasteiger partial charge on any atom is -0.493 e. The first-order valence-corrected chi connectivity index (χ1v) is 15.6. The van der Waals surface area contributed by atoms with Crippen LogP contribution in [0.3, 0.4) is 0 Å². The van der Waals surface area contributed by atoms with E-state index in [2.05, 4.69) is 89.7 Å². The summed E-state index contributed by atoms with van der Waals surface area (Å²) in [5.74, 6) is 0.916. The van der Waals surface area contributed by atoms with Crippen LogP contribution in [0.1, 0.15) is 57.6 Å². The number of benzene rings is 3. The van der Waals surface area contributed by atoms with E-state index in [-0.39, 0.29) is 0 Å². The second-order valence-corrected chi connectivity index (χ2v) is 11.1. The highest BCUT2D eigenvalue weighted by Crippen LogP contribution is 2.38. The van der Waals surface area contributed by atoms with Gasteiger partial charge < -0.3 is 25.2 Å². The largest absolute Gasteiger partial charge is 0.493 e. The lowest BCUT2D eigenvalue weighted by molar-refractivity contribution is 0.303. The Bertz CT molecular complexity index is 1160. The maximum Gasteiger partial charge on any atom is 0.119 e. The SMILES string of the molecule is CCCCN1c2cc(NCCCN(CC)CC)ccc2NC1CCc1ccc(OCCc2cccc(Cl)c2)cc1. The Kier molecular flexibility index (Phi) is 11.9. The van der Waals surface area contributed by atoms with E-state index in [0.717, 1.165) is 69.2 Å². The lowest BCUT2D eigenvalue weighted by Gasteiger charge is -2.27. The first-order valence-electron chi connectivity index (χ1n) is 15.2. The number of halogens is 1. The van der Waals surface area contributed by atoms with E-state index in [1.165, 1.54) is 41.0 Å². The molecule has 0 amide bonds. The topological polar surface area (TPSA) is 39.8 Å². The monoisotopic (exact) mass is 562 g/mol. The molecule has 5 nitrogen and oxygen atoms in total. The molecule has 0 saturated heterocycles. The molecule has 0 spiro atoms. The van der Waals surface area contributed by atoms with E-state index < -0.39 is 0 Å². The van der Waals surface area contributed by atoms with Crippen molar-refractivity contribution >= 4 is 28.7 Å². The summed E-state index contributed by atoms with van der Waals surface area (Å²) < 4.78 is 5.98. The number of unbranched alkanes of at least 4 members (excludes halogenated alkanes) is 1. The molecule has 6 heteroatoms. The smallest absolute Gasteiger partial charge is 0.119 e. The normalized spacial score (nSPS) is 14.3. The van der Waals surface area contributed by atoms with E-state index in [1.807, 2.05) is 18.2 Å². The lowest BCUT2D eigenvalue weighted by atomic mass is 10.1. The molecule has 2 N–H and O–H groups in total. The van der Waals surface area contributed by atoms with E-state index >= 15 is 0 Å². The van der Waals surface area contributed by atoms with Crippen molar-refractivity contribution in [2.75, 3.05) is 54.9 Å². The van der Waals surface area contributed by atoms with Crippen LogP contribution in [-0.4, -0.2) is 50.4 Å². The molecule has 0 radical (unpaired) electrons. The number of aryl methyl sites for hydroxylation is 1. The van der Waals surface area contributed by atoms with Gasteiger partial charge in [0.05, 0.1) is 24.1 Å². The Hall–Kier alpha value is -2.89. The Morgan fingerprint density at radius 3 is 2.50 bits per heavy atom. The van der Waals surface area contributed by atoms with Gasteiger partial charge in [-0.25, -0.2) is 0 Å². The number of fused-ring (bicyclic) bond motifs is 1. The summed E-state index contributed by atoms with van der Waals surface area (Å²) in [6.07, 6.45) is 6.78. The van der Waals surface area contributed by atoms with Crippen LogP contribution >= 0.6 is 11.6 Å². The zero-order chi connectivity index (χ0) is 28.2. The van der Waals surface area contributed by atoms with Gasteiger partial charge in [-0.05, 0) is 98.9 Å². The zero-order valence-corrected chi connectivity index (χ0v) is 25.4. The molecule has 4 rings (SSSR count). The Morgan fingerprint density at radius 1 is 0.925 bits per heavy atom. The summed E-state index contributed by atoms with van der Waals surface area (Å²) in [7, 11) is 0. The van der Waals surface area contributed by atoms with Crippen molar-refractivity contribution in [1.82, 2.24) is 4.90 Å². The van der Waals surface area contributed by atoms with Crippen LogP contribution in [0.25, 0.3) is 0 Å². The molecule has 1 atom stereocenters. The first kappa shape index (κ1) is 30.1. The maximum atomic E-state index is 6.09. The second-order valence-electron chi connectivity index (χ2n) is 10.7. The highest BCUT2D eigenvalue weighted by molar-refractivity contribution is 6.30. The molecule has 0 bridgehead atoms. The number of hydrogen-bond donors (Lipinski definition) is 2. The molecule has 1 unspecified atom stereocenters. The van der Waals surface area contributed by atoms with Gasteiger partial charge in [0.25, 0.3) is 0 Å². The van der Waals surface area contributed by atoms with Gasteiger partial charge in [0, 0.05) is 30.2 Å². The van der Waals surface area contributed by atoms with Crippen molar-refractivity contribution in [2.24, 2.45) is 0 Å². The molecule has 1 heterocycles. The molecule has 1 aliphatic rings. The van der Waals surface area contributed by atoms with Crippen molar-refractivity contribution in [2.45, 2.75) is 65.5 Å². The number of hydrogen-bond acceptors (Lipinski definition) is 5. The van der Waals surface area contributed by atoms with Crippen LogP contribution in [0, 0.1) is 0 Å². The standard InChI is InChI=1S/C34H47ClN4O/c1-4-7-23-39-33-26-30(36-21-9-22-38(5-2)6-3)15-18-32(33)37-34(39)19-14-27-12-16-31(17-13-27)40-24-20-28-10-8-11-29(35)25-28/h8,10-13,15-18,25-26,34,36-37H,4-7,9,14,19-24H2,1-3H3. The second kappa shape index (κ2) is 15.8. The number of nitrogens with one attached hydrogen (secondary N) is 2. The summed E-state index contributed by atoms with van der Waals surface area (Å²) >= 11 is 6.09. The van der Waals surface area contributed by atoms with Gasteiger partial charge >= 0.3 is 0 Å². The quantitative estimate of drug-likeness (QED) is 0.163. The number of ether oxygens (including phenoxy) is 1. The van der Waals surface area contributed by atoms with Gasteiger partial charge in [-0.1, -0.05) is 63.1 Å². The van der Waals surface area contributed by atoms with E-state index in [4.69, 9.17) is 16.3 Å². The van der Waals surface area contributed by atoms with Crippen LogP contribution in [0.4, 0.5) is 17.1 Å². The average molecular weight is 563 g/mol. The average Bonchev–Trinajstić information content (AvgIpc) is 3.32. The molecule has 3 aromatic carbocycles. The Balaban J connectivity index is 1.28. The van der Waals surface area contributed by atoms with Crippen LogP contribution in [0.15, 0.2) is 66.7 Å². The molecule has 3 aromatic rings. The van der Waals surface area contributed by atoms with Gasteiger partial charge in [-0.2, -0.15) is 0 Å². The van der Waals surface area contributed by atoms with Gasteiger partial charge in [0.15, 0.2) is 0 Å². The molecular formula is C34H47ClN4O. The Labute approximate surface area is 246 Å². The van der Waals surface area contributed by atoms with Gasteiger partial charge in [-0.3, -0.25) is 0 Å². The third kappa shape index (κ3) is 8.81. The summed E-state index contributed by atoms with van der Waals surface area (Å²) in [4.78, 5) is 5.06. The van der Waals surface area contributed by atoms with Crippen LogP contribution < -0.4 is 20.3 Å². The molecule has 0 fully saturated rings. The predicted octanol–water partition coefficient (Wildman–Crippen LogP) is 8.10. The van der Waals surface area contributed by atoms with Gasteiger partial charge in [-0.15, -0.1) is 0 Å². The number of rotatable bonds is 17. The predicted molar refractivity (Wildman–Crippen MR) is 172 cm³/mol. The zero-order valence-electron chi connectivity index (χ0n) is 24.6. The first-order chi connectivity index (χ1) is 19.6. The van der Waals surface area contributed by atoms with Crippen molar-refractivity contribution < 1.29 is 4.74 Å². The lowest BCUT2D eigenvalue weighted by Crippen LogP contribution is -2.36. The molecule has 0 aromatic heterocycles. The third-order valence-corrected chi connectivity index (χ3v) is 8.05. The van der Waals surface area contributed by atoms with Crippen molar-refractivity contribution in [3.8, 4) is 5.75 Å². The fourth-order valence-electron chi connectivity index (χ4n) is 5.37. The highest BCUT2D eigenvalue weighted by Gasteiger charge is 2.28. The summed E-state index contributed by atoms with van der Waals surface area (Å²) in [6, 6.07) is 23.4. The third-order valence-electron chi connectivity index (χ3n) is 7.81. The minimum atomic E-state index is 0.313. The Morgan fingerprint density at radius 2 is 1.75 bits per heavy atom. The fraction of sp³-hybridized carbons (Fsp3) is 0.471. The molecule has 1 aliphatic heterocycles. The molecule has 0 saturated carbocycles. The van der Waals surface area contributed by atoms with Crippen molar-refractivity contribution in [3.63, 3.8) is 0 Å². The van der Waals surface area contributed by atoms with Gasteiger partial charge in [0.2, 0.25) is 0 Å². The van der Waals surface area contributed by atoms with Crippen LogP contribution in [0.5, 0.6) is 5.75 Å². The fourth-order valence-corrected chi connectivity index (χ4v) is 5.58. The van der Waals surface area contributed by atoms with E-state index in [0.29, 0.717) is 12.8 Å². The highest BCUT2D eigenvalue weighted by atomic mass is 35.5. The van der Waals surface area contributed by atoms with Crippen molar-refractivity contribution in [3.05, 3.63) is 82.9 Å². The van der Waals surface area contributed by atoms with E-state index in [9.17, 15) is 0 Å². The van der Waals surface area contributed by atoms with Crippen LogP contribution in [-0.2, 0) is 12.8 Å². The molecule has 40 heavy (non-hydrogen) atoms.